The number of nitrogens with one attached hydrogen (secondary N) is 2. The fourth-order valence-electron chi connectivity index (χ4n) is 3.28. The van der Waals surface area contributed by atoms with Gasteiger partial charge in [0.05, 0.1) is 12.1 Å². The molecule has 0 atom stereocenters. The van der Waals surface area contributed by atoms with Crippen LogP contribution in [-0.4, -0.2) is 26.8 Å². The minimum absolute atomic E-state index is 0.102. The summed E-state index contributed by atoms with van der Waals surface area (Å²) in [5.74, 6) is -0.312. The normalized spacial score (nSPS) is 10.8. The van der Waals surface area contributed by atoms with Gasteiger partial charge < -0.3 is 10.6 Å². The Morgan fingerprint density at radius 2 is 1.84 bits per heavy atom. The molecule has 4 aromatic rings. The summed E-state index contributed by atoms with van der Waals surface area (Å²) in [4.78, 5) is 24.8. The number of fused-ring (bicyclic) bond motifs is 1. The Morgan fingerprint density at radius 3 is 2.62 bits per heavy atom. The third kappa shape index (κ3) is 5.31. The number of halogens is 1. The summed E-state index contributed by atoms with van der Waals surface area (Å²) < 4.78 is 1.66. The summed E-state index contributed by atoms with van der Waals surface area (Å²) in [6.07, 6.45) is 0.258. The van der Waals surface area contributed by atoms with Crippen molar-refractivity contribution in [3.63, 3.8) is 0 Å². The Hall–Kier alpha value is -3.71. The van der Waals surface area contributed by atoms with Crippen LogP contribution in [-0.2, 0) is 17.9 Å². The second kappa shape index (κ2) is 9.62. The molecule has 0 unspecified atom stereocenters. The van der Waals surface area contributed by atoms with Gasteiger partial charge in [0.25, 0.3) is 5.91 Å². The number of hydrogen-bond acceptors (Lipinski definition) is 4. The molecule has 0 fully saturated rings. The van der Waals surface area contributed by atoms with E-state index in [-0.39, 0.29) is 18.2 Å². The van der Waals surface area contributed by atoms with Crippen LogP contribution in [0.25, 0.3) is 11.0 Å². The number of carbonyl (C=O) groups excluding carboxylic acids is 2. The van der Waals surface area contributed by atoms with E-state index < -0.39 is 0 Å². The lowest BCUT2D eigenvalue weighted by Gasteiger charge is -2.07. The van der Waals surface area contributed by atoms with E-state index in [4.69, 9.17) is 11.6 Å². The fourth-order valence-corrected chi connectivity index (χ4v) is 3.49. The maximum atomic E-state index is 12.5. The van der Waals surface area contributed by atoms with Crippen molar-refractivity contribution in [3.05, 3.63) is 88.4 Å². The molecule has 0 aliphatic carbocycles. The molecule has 3 aromatic carbocycles. The molecule has 1 aromatic heterocycles. The third-order valence-corrected chi connectivity index (χ3v) is 5.24. The Morgan fingerprint density at radius 1 is 1.03 bits per heavy atom. The summed E-state index contributed by atoms with van der Waals surface area (Å²) >= 11 is 5.98. The molecule has 8 heteroatoms. The van der Waals surface area contributed by atoms with Gasteiger partial charge in [-0.25, -0.2) is 4.68 Å². The van der Waals surface area contributed by atoms with Gasteiger partial charge in [-0.1, -0.05) is 46.6 Å². The highest BCUT2D eigenvalue weighted by molar-refractivity contribution is 6.30. The predicted octanol–water partition coefficient (Wildman–Crippen LogP) is 4.35. The molecule has 0 bridgehead atoms. The number of anilines is 1. The monoisotopic (exact) mass is 447 g/mol. The fraction of sp³-hybridized carbons (Fsp3) is 0.167. The lowest BCUT2D eigenvalue weighted by Crippen LogP contribution is -2.22. The van der Waals surface area contributed by atoms with Gasteiger partial charge in [-0.2, -0.15) is 0 Å². The van der Waals surface area contributed by atoms with E-state index in [9.17, 15) is 9.59 Å². The zero-order valence-electron chi connectivity index (χ0n) is 17.5. The van der Waals surface area contributed by atoms with E-state index in [2.05, 4.69) is 20.9 Å². The summed E-state index contributed by atoms with van der Waals surface area (Å²) in [7, 11) is 0. The maximum Gasteiger partial charge on any atom is 0.251 e. The first-order valence-corrected chi connectivity index (χ1v) is 10.6. The van der Waals surface area contributed by atoms with Crippen LogP contribution in [0.2, 0.25) is 5.02 Å². The van der Waals surface area contributed by atoms with Crippen LogP contribution in [0.3, 0.4) is 0 Å². The lowest BCUT2D eigenvalue weighted by atomic mass is 10.1. The molecular formula is C24H22ClN5O2. The molecule has 32 heavy (non-hydrogen) atoms. The van der Waals surface area contributed by atoms with Gasteiger partial charge in [0, 0.05) is 29.2 Å². The van der Waals surface area contributed by atoms with E-state index in [1.165, 1.54) is 0 Å². The van der Waals surface area contributed by atoms with Crippen LogP contribution in [0.15, 0.2) is 66.7 Å². The van der Waals surface area contributed by atoms with Crippen LogP contribution in [0.1, 0.15) is 27.9 Å². The van der Waals surface area contributed by atoms with E-state index >= 15 is 0 Å². The molecule has 0 saturated carbocycles. The number of carbonyl (C=O) groups is 2. The van der Waals surface area contributed by atoms with E-state index in [0.717, 1.165) is 22.3 Å². The van der Waals surface area contributed by atoms with Crippen LogP contribution in [0, 0.1) is 6.92 Å². The van der Waals surface area contributed by atoms with Gasteiger partial charge in [-0.15, -0.1) is 5.10 Å². The minimum atomic E-state index is -0.209. The van der Waals surface area contributed by atoms with Crippen molar-refractivity contribution in [2.24, 2.45) is 0 Å². The number of aryl methyl sites for hydroxylation is 2. The highest BCUT2D eigenvalue weighted by Gasteiger charge is 2.12. The maximum absolute atomic E-state index is 12.5. The largest absolute Gasteiger partial charge is 0.348 e. The summed E-state index contributed by atoms with van der Waals surface area (Å²) in [6.45, 7) is 2.75. The molecule has 0 aliphatic rings. The first kappa shape index (κ1) is 21.5. The quantitative estimate of drug-likeness (QED) is 0.440. The van der Waals surface area contributed by atoms with E-state index in [1.54, 1.807) is 28.9 Å². The third-order valence-electron chi connectivity index (χ3n) is 5.00. The smallest absolute Gasteiger partial charge is 0.251 e. The van der Waals surface area contributed by atoms with Crippen molar-refractivity contribution in [1.82, 2.24) is 20.3 Å². The molecule has 2 N–H and O–H groups in total. The van der Waals surface area contributed by atoms with Crippen molar-refractivity contribution in [2.45, 2.75) is 26.4 Å². The molecule has 0 spiro atoms. The van der Waals surface area contributed by atoms with Gasteiger partial charge in [0.2, 0.25) is 5.91 Å². The molecule has 7 nitrogen and oxygen atoms in total. The molecule has 0 aliphatic heterocycles. The Bertz CT molecular complexity index is 1270. The van der Waals surface area contributed by atoms with Crippen molar-refractivity contribution in [2.75, 3.05) is 5.32 Å². The van der Waals surface area contributed by atoms with Gasteiger partial charge in [0.1, 0.15) is 5.52 Å². The molecular weight excluding hydrogens is 426 g/mol. The van der Waals surface area contributed by atoms with Crippen molar-refractivity contribution < 1.29 is 9.59 Å². The zero-order valence-corrected chi connectivity index (χ0v) is 18.3. The topological polar surface area (TPSA) is 88.9 Å². The van der Waals surface area contributed by atoms with Crippen LogP contribution in [0.4, 0.5) is 5.69 Å². The molecule has 2 amide bonds. The number of benzene rings is 3. The zero-order chi connectivity index (χ0) is 22.5. The molecule has 0 saturated heterocycles. The van der Waals surface area contributed by atoms with E-state index in [1.807, 2.05) is 49.4 Å². The van der Waals surface area contributed by atoms with Crippen LogP contribution < -0.4 is 10.6 Å². The van der Waals surface area contributed by atoms with Crippen LogP contribution in [0.5, 0.6) is 0 Å². The van der Waals surface area contributed by atoms with Gasteiger partial charge in [-0.05, 0) is 55.0 Å². The molecule has 1 heterocycles. The predicted molar refractivity (Wildman–Crippen MR) is 125 cm³/mol. The average molecular weight is 448 g/mol. The number of nitrogens with zero attached hydrogens (tertiary/aromatic N) is 3. The minimum Gasteiger partial charge on any atom is -0.348 e. The highest BCUT2D eigenvalue weighted by Crippen LogP contribution is 2.15. The van der Waals surface area contributed by atoms with Crippen LogP contribution >= 0.6 is 11.6 Å². The van der Waals surface area contributed by atoms with Crippen molar-refractivity contribution in [3.8, 4) is 0 Å². The Labute approximate surface area is 190 Å². The molecule has 4 rings (SSSR count). The van der Waals surface area contributed by atoms with Crippen molar-refractivity contribution >= 4 is 40.1 Å². The highest BCUT2D eigenvalue weighted by atomic mass is 35.5. The SMILES string of the molecule is Cc1ccc(NC(=O)CCn2nnc3cc(C(=O)NCc4cccc(Cl)c4)ccc32)cc1. The number of hydrogen-bond donors (Lipinski definition) is 2. The summed E-state index contributed by atoms with van der Waals surface area (Å²) in [5.41, 5.74) is 4.66. The van der Waals surface area contributed by atoms with Gasteiger partial charge in [-0.3, -0.25) is 9.59 Å². The van der Waals surface area contributed by atoms with Gasteiger partial charge in [0.15, 0.2) is 0 Å². The average Bonchev–Trinajstić information content (AvgIpc) is 3.20. The summed E-state index contributed by atoms with van der Waals surface area (Å²) in [5, 5.41) is 14.7. The van der Waals surface area contributed by atoms with Gasteiger partial charge >= 0.3 is 0 Å². The Balaban J connectivity index is 1.36. The second-order valence-corrected chi connectivity index (χ2v) is 7.93. The first-order chi connectivity index (χ1) is 15.5. The molecule has 162 valence electrons. The standard InChI is InChI=1S/C24H22ClN5O2/c1-16-5-8-20(9-6-16)27-23(31)11-12-30-22-10-7-18(14-21(22)28-29-30)24(32)26-15-17-3-2-4-19(25)13-17/h2-10,13-14H,11-12,15H2,1H3,(H,26,32)(H,27,31). The lowest BCUT2D eigenvalue weighted by molar-refractivity contribution is -0.116. The van der Waals surface area contributed by atoms with E-state index in [0.29, 0.717) is 29.2 Å². The van der Waals surface area contributed by atoms with Crippen molar-refractivity contribution in [1.29, 1.82) is 0 Å². The number of rotatable bonds is 7. The molecule has 0 radical (unpaired) electrons. The first-order valence-electron chi connectivity index (χ1n) is 10.2. The number of amides is 2. The second-order valence-electron chi connectivity index (χ2n) is 7.49. The number of aromatic nitrogens is 3. The summed E-state index contributed by atoms with van der Waals surface area (Å²) in [6, 6.07) is 20.2. The Kier molecular flexibility index (Phi) is 6.47.